The number of aliphatic carboxylic acids is 1. The first kappa shape index (κ1) is 17.8. The molecule has 0 unspecified atom stereocenters. The maximum Gasteiger partial charge on any atom is 0.308 e. The maximum atomic E-state index is 12.1. The molecule has 1 fully saturated rings. The zero-order chi connectivity index (χ0) is 16.8. The van der Waals surface area contributed by atoms with Crippen LogP contribution >= 0.6 is 11.8 Å². The number of hydrogen-bond donors (Lipinski definition) is 2. The number of amides is 1. The van der Waals surface area contributed by atoms with Gasteiger partial charge < -0.3 is 14.9 Å². The van der Waals surface area contributed by atoms with E-state index in [9.17, 15) is 14.7 Å². The average molecular weight is 340 g/mol. The van der Waals surface area contributed by atoms with Crippen molar-refractivity contribution in [3.05, 3.63) is 17.0 Å². The van der Waals surface area contributed by atoms with Gasteiger partial charge in [-0.2, -0.15) is 0 Å². The van der Waals surface area contributed by atoms with Gasteiger partial charge in [-0.25, -0.2) is 0 Å². The SMILES string of the molecule is Cc1noc(C)c1CSCC(=O)N[C@H]1CCCCC[C@H]1C(=O)O. The standard InChI is InChI=1S/C16H24N2O4S/c1-10-13(11(2)22-18-10)8-23-9-15(19)17-14-7-5-3-4-6-12(14)16(20)21/h12,14H,3-9H2,1-2H3,(H,17,19)(H,20,21)/t12-,14+/m1/s1. The van der Waals surface area contributed by atoms with Crippen LogP contribution in [0.25, 0.3) is 0 Å². The molecule has 128 valence electrons. The van der Waals surface area contributed by atoms with Crippen molar-refractivity contribution in [3.63, 3.8) is 0 Å². The number of thioether (sulfide) groups is 1. The van der Waals surface area contributed by atoms with Gasteiger partial charge in [0.05, 0.1) is 17.4 Å². The smallest absolute Gasteiger partial charge is 0.308 e. The summed E-state index contributed by atoms with van der Waals surface area (Å²) in [4.78, 5) is 23.5. The van der Waals surface area contributed by atoms with E-state index in [4.69, 9.17) is 4.52 Å². The summed E-state index contributed by atoms with van der Waals surface area (Å²) in [7, 11) is 0. The summed E-state index contributed by atoms with van der Waals surface area (Å²) in [6.07, 6.45) is 4.33. The van der Waals surface area contributed by atoms with Crippen molar-refractivity contribution in [2.45, 2.75) is 57.7 Å². The summed E-state index contributed by atoms with van der Waals surface area (Å²) in [5, 5.41) is 16.1. The van der Waals surface area contributed by atoms with Crippen molar-refractivity contribution in [2.75, 3.05) is 5.75 Å². The van der Waals surface area contributed by atoms with Gasteiger partial charge in [0.2, 0.25) is 5.91 Å². The first-order chi connectivity index (χ1) is 11.0. The molecule has 0 radical (unpaired) electrons. The van der Waals surface area contributed by atoms with E-state index in [1.165, 1.54) is 11.8 Å². The minimum Gasteiger partial charge on any atom is -0.481 e. The fourth-order valence-corrected chi connectivity index (χ4v) is 3.97. The largest absolute Gasteiger partial charge is 0.481 e. The molecule has 1 aromatic heterocycles. The Morgan fingerprint density at radius 1 is 1.30 bits per heavy atom. The molecular formula is C16H24N2O4S. The van der Waals surface area contributed by atoms with E-state index >= 15 is 0 Å². The number of carboxylic acids is 1. The number of aryl methyl sites for hydroxylation is 2. The van der Waals surface area contributed by atoms with Crippen molar-refractivity contribution in [3.8, 4) is 0 Å². The summed E-state index contributed by atoms with van der Waals surface area (Å²) in [5.74, 6) is 0.397. The van der Waals surface area contributed by atoms with Crippen LogP contribution in [0.3, 0.4) is 0 Å². The van der Waals surface area contributed by atoms with Crippen LogP contribution in [0.4, 0.5) is 0 Å². The summed E-state index contributed by atoms with van der Waals surface area (Å²) >= 11 is 1.49. The van der Waals surface area contributed by atoms with E-state index in [1.807, 2.05) is 13.8 Å². The minimum absolute atomic E-state index is 0.0973. The molecule has 2 atom stereocenters. The topological polar surface area (TPSA) is 92.4 Å². The van der Waals surface area contributed by atoms with Gasteiger partial charge in [0.1, 0.15) is 5.76 Å². The fourth-order valence-electron chi connectivity index (χ4n) is 2.98. The normalized spacial score (nSPS) is 21.7. The molecule has 2 N–H and O–H groups in total. The Hall–Kier alpha value is -1.50. The van der Waals surface area contributed by atoms with Gasteiger partial charge in [-0.15, -0.1) is 11.8 Å². The number of hydrogen-bond acceptors (Lipinski definition) is 5. The van der Waals surface area contributed by atoms with Crippen molar-refractivity contribution >= 4 is 23.6 Å². The molecular weight excluding hydrogens is 316 g/mol. The van der Waals surface area contributed by atoms with Crippen LogP contribution in [-0.2, 0) is 15.3 Å². The molecule has 0 aromatic carbocycles. The fraction of sp³-hybridized carbons (Fsp3) is 0.688. The Labute approximate surface area is 140 Å². The monoisotopic (exact) mass is 340 g/mol. The van der Waals surface area contributed by atoms with E-state index in [0.717, 1.165) is 42.7 Å². The third-order valence-corrected chi connectivity index (χ3v) is 5.30. The van der Waals surface area contributed by atoms with Gasteiger partial charge in [-0.3, -0.25) is 9.59 Å². The number of nitrogens with one attached hydrogen (secondary N) is 1. The highest BCUT2D eigenvalue weighted by molar-refractivity contribution is 7.99. The van der Waals surface area contributed by atoms with E-state index in [1.54, 1.807) is 0 Å². The Bertz CT molecular complexity index is 539. The van der Waals surface area contributed by atoms with Crippen molar-refractivity contribution in [2.24, 2.45) is 5.92 Å². The van der Waals surface area contributed by atoms with Gasteiger partial charge in [0, 0.05) is 17.4 Å². The molecule has 1 aliphatic carbocycles. The quantitative estimate of drug-likeness (QED) is 0.774. The maximum absolute atomic E-state index is 12.1. The van der Waals surface area contributed by atoms with Crippen LogP contribution in [0.2, 0.25) is 0 Å². The van der Waals surface area contributed by atoms with Gasteiger partial charge >= 0.3 is 5.97 Å². The molecule has 1 saturated carbocycles. The number of rotatable bonds is 6. The third kappa shape index (κ3) is 4.99. The van der Waals surface area contributed by atoms with Crippen LogP contribution in [-0.4, -0.2) is 33.9 Å². The van der Waals surface area contributed by atoms with Crippen molar-refractivity contribution in [1.29, 1.82) is 0 Å². The van der Waals surface area contributed by atoms with E-state index in [-0.39, 0.29) is 11.9 Å². The molecule has 7 heteroatoms. The lowest BCUT2D eigenvalue weighted by Crippen LogP contribution is -2.43. The first-order valence-corrected chi connectivity index (χ1v) is 9.16. The second kappa shape index (κ2) is 8.38. The lowest BCUT2D eigenvalue weighted by Gasteiger charge is -2.22. The van der Waals surface area contributed by atoms with E-state index in [0.29, 0.717) is 17.9 Å². The first-order valence-electron chi connectivity index (χ1n) is 8.00. The summed E-state index contributed by atoms with van der Waals surface area (Å²) in [5.41, 5.74) is 1.88. The molecule has 1 aliphatic rings. The molecule has 0 saturated heterocycles. The lowest BCUT2D eigenvalue weighted by molar-refractivity contribution is -0.143. The Morgan fingerprint density at radius 3 is 2.70 bits per heavy atom. The second-order valence-electron chi connectivity index (χ2n) is 6.05. The highest BCUT2D eigenvalue weighted by Gasteiger charge is 2.30. The molecule has 0 spiro atoms. The van der Waals surface area contributed by atoms with Gasteiger partial charge in [0.25, 0.3) is 0 Å². The molecule has 6 nitrogen and oxygen atoms in total. The number of nitrogens with zero attached hydrogens (tertiary/aromatic N) is 1. The summed E-state index contributed by atoms with van der Waals surface area (Å²) in [6.45, 7) is 3.74. The predicted octanol–water partition coefficient (Wildman–Crippen LogP) is 2.67. The minimum atomic E-state index is -0.805. The Balaban J connectivity index is 1.82. The van der Waals surface area contributed by atoms with Gasteiger partial charge in [-0.1, -0.05) is 24.4 Å². The van der Waals surface area contributed by atoms with Crippen LogP contribution in [0, 0.1) is 19.8 Å². The van der Waals surface area contributed by atoms with Crippen molar-refractivity contribution < 1.29 is 19.2 Å². The van der Waals surface area contributed by atoms with Gasteiger partial charge in [0.15, 0.2) is 0 Å². The number of aromatic nitrogens is 1. The highest BCUT2D eigenvalue weighted by atomic mass is 32.2. The zero-order valence-corrected chi connectivity index (χ0v) is 14.4. The van der Waals surface area contributed by atoms with Crippen LogP contribution in [0.1, 0.15) is 49.1 Å². The molecule has 0 bridgehead atoms. The highest BCUT2D eigenvalue weighted by Crippen LogP contribution is 2.24. The number of carbonyl (C=O) groups is 2. The third-order valence-electron chi connectivity index (χ3n) is 4.34. The zero-order valence-electron chi connectivity index (χ0n) is 13.6. The lowest BCUT2D eigenvalue weighted by atomic mass is 9.95. The van der Waals surface area contributed by atoms with Crippen LogP contribution < -0.4 is 5.32 Å². The number of carboxylic acid groups (broad SMARTS) is 1. The number of carbonyl (C=O) groups excluding carboxylic acids is 1. The summed E-state index contributed by atoms with van der Waals surface area (Å²) in [6, 6.07) is -0.248. The second-order valence-corrected chi connectivity index (χ2v) is 7.04. The van der Waals surface area contributed by atoms with Gasteiger partial charge in [-0.05, 0) is 26.7 Å². The van der Waals surface area contributed by atoms with E-state index in [2.05, 4.69) is 10.5 Å². The molecule has 0 aliphatic heterocycles. The molecule has 23 heavy (non-hydrogen) atoms. The molecule has 1 amide bonds. The Morgan fingerprint density at radius 2 is 2.04 bits per heavy atom. The van der Waals surface area contributed by atoms with Crippen LogP contribution in [0.5, 0.6) is 0 Å². The molecule has 2 rings (SSSR count). The Kier molecular flexibility index (Phi) is 6.50. The summed E-state index contributed by atoms with van der Waals surface area (Å²) < 4.78 is 5.10. The predicted molar refractivity (Wildman–Crippen MR) is 88.3 cm³/mol. The molecule has 1 heterocycles. The van der Waals surface area contributed by atoms with Crippen LogP contribution in [0.15, 0.2) is 4.52 Å². The molecule has 1 aromatic rings. The average Bonchev–Trinajstić information content (AvgIpc) is 2.70. The van der Waals surface area contributed by atoms with E-state index < -0.39 is 11.9 Å². The van der Waals surface area contributed by atoms with Crippen molar-refractivity contribution in [1.82, 2.24) is 10.5 Å².